The summed E-state index contributed by atoms with van der Waals surface area (Å²) in [7, 11) is 0. The fourth-order valence-corrected chi connectivity index (χ4v) is 1.37. The number of carbonyl (C=O) groups is 1. The van der Waals surface area contributed by atoms with Crippen LogP contribution in [0.5, 0.6) is 0 Å². The third kappa shape index (κ3) is 2.47. The van der Waals surface area contributed by atoms with Gasteiger partial charge >= 0.3 is 0 Å². The molecule has 1 aliphatic rings. The molecular weight excluding hydrogens is 174 g/mol. The Labute approximate surface area is 76.1 Å². The number of Topliss-reactive ketones (excluding diaryl/α,β-unsaturated/α-hetero) is 1. The molecule has 0 heterocycles. The van der Waals surface area contributed by atoms with Crippen LogP contribution in [0.4, 0.5) is 8.78 Å². The maximum atomic E-state index is 13.6. The van der Waals surface area contributed by atoms with Crippen molar-refractivity contribution < 1.29 is 13.6 Å². The van der Waals surface area contributed by atoms with Gasteiger partial charge in [0.25, 0.3) is 0 Å². The molecule has 1 rings (SSSR count). The average molecular weight is 186 g/mol. The van der Waals surface area contributed by atoms with E-state index in [2.05, 4.69) is 0 Å². The van der Waals surface area contributed by atoms with Crippen LogP contribution in [0, 0.1) is 0 Å². The van der Waals surface area contributed by atoms with Crippen molar-refractivity contribution in [2.75, 3.05) is 0 Å². The molecule has 0 aromatic carbocycles. The van der Waals surface area contributed by atoms with Gasteiger partial charge in [0.15, 0.2) is 0 Å². The topological polar surface area (TPSA) is 17.1 Å². The maximum Gasteiger partial charge on any atom is 0.136 e. The molecule has 0 radical (unpaired) electrons. The first-order chi connectivity index (χ1) is 5.92. The molecule has 0 fully saturated rings. The first-order valence-corrected chi connectivity index (χ1v) is 4.16. The number of carbonyl (C=O) groups excluding carboxylic acids is 1. The molecule has 13 heavy (non-hydrogen) atoms. The number of ketones is 1. The molecule has 1 aliphatic carbocycles. The van der Waals surface area contributed by atoms with E-state index in [1.807, 2.05) is 0 Å². The van der Waals surface area contributed by atoms with Gasteiger partial charge in [-0.05, 0) is 25.5 Å². The number of halogens is 2. The molecule has 1 unspecified atom stereocenters. The van der Waals surface area contributed by atoms with Gasteiger partial charge < -0.3 is 0 Å². The van der Waals surface area contributed by atoms with Crippen molar-refractivity contribution in [2.24, 2.45) is 0 Å². The predicted octanol–water partition coefficient (Wildman–Crippen LogP) is 2.88. The van der Waals surface area contributed by atoms with Crippen LogP contribution in [0.15, 0.2) is 23.6 Å². The van der Waals surface area contributed by atoms with Crippen LogP contribution >= 0.6 is 0 Å². The molecular formula is C10H12F2O. The molecule has 1 nitrogen and oxygen atoms in total. The zero-order valence-electron chi connectivity index (χ0n) is 7.73. The minimum Gasteiger partial charge on any atom is -0.300 e. The van der Waals surface area contributed by atoms with E-state index in [1.54, 1.807) is 0 Å². The van der Waals surface area contributed by atoms with Gasteiger partial charge in [0.1, 0.15) is 17.3 Å². The Morgan fingerprint density at radius 1 is 1.62 bits per heavy atom. The van der Waals surface area contributed by atoms with Crippen molar-refractivity contribution in [3.8, 4) is 0 Å². The summed E-state index contributed by atoms with van der Waals surface area (Å²) in [4.78, 5) is 10.8. The smallest absolute Gasteiger partial charge is 0.136 e. The Morgan fingerprint density at radius 3 is 2.69 bits per heavy atom. The predicted molar refractivity (Wildman–Crippen MR) is 46.7 cm³/mol. The SMILES string of the molecule is CC(=O)CC1=CC=C(F)CC1(C)F. The van der Waals surface area contributed by atoms with E-state index >= 15 is 0 Å². The van der Waals surface area contributed by atoms with E-state index in [0.29, 0.717) is 5.57 Å². The third-order valence-electron chi connectivity index (χ3n) is 2.08. The summed E-state index contributed by atoms with van der Waals surface area (Å²) in [6.07, 6.45) is 2.39. The molecule has 0 spiro atoms. The van der Waals surface area contributed by atoms with Crippen molar-refractivity contribution in [2.45, 2.75) is 32.4 Å². The lowest BCUT2D eigenvalue weighted by Gasteiger charge is -2.25. The van der Waals surface area contributed by atoms with E-state index in [9.17, 15) is 13.6 Å². The van der Waals surface area contributed by atoms with Crippen molar-refractivity contribution in [1.29, 1.82) is 0 Å². The molecule has 0 saturated carbocycles. The Kier molecular flexibility index (Phi) is 2.64. The quantitative estimate of drug-likeness (QED) is 0.648. The van der Waals surface area contributed by atoms with E-state index in [1.165, 1.54) is 26.0 Å². The van der Waals surface area contributed by atoms with Gasteiger partial charge in [0.2, 0.25) is 0 Å². The van der Waals surface area contributed by atoms with Crippen LogP contribution in [0.2, 0.25) is 0 Å². The van der Waals surface area contributed by atoms with Gasteiger partial charge in [-0.1, -0.05) is 6.08 Å². The van der Waals surface area contributed by atoms with Crippen LogP contribution in [-0.4, -0.2) is 11.5 Å². The molecule has 0 bridgehead atoms. The highest BCUT2D eigenvalue weighted by Crippen LogP contribution is 2.35. The second-order valence-corrected chi connectivity index (χ2v) is 3.56. The monoisotopic (exact) mass is 186 g/mol. The standard InChI is InChI=1S/C10H12F2O/c1-7(13)5-8-3-4-9(11)6-10(8,2)12/h3-4H,5-6H2,1-2H3. The maximum absolute atomic E-state index is 13.6. The molecule has 1 atom stereocenters. The molecule has 3 heteroatoms. The summed E-state index contributed by atoms with van der Waals surface area (Å²) in [5.74, 6) is -0.580. The third-order valence-corrected chi connectivity index (χ3v) is 2.08. The molecule has 72 valence electrons. The average Bonchev–Trinajstić information content (AvgIpc) is 1.93. The van der Waals surface area contributed by atoms with Gasteiger partial charge in [0.05, 0.1) is 0 Å². The lowest BCUT2D eigenvalue weighted by Crippen LogP contribution is -2.24. The Hall–Kier alpha value is -0.990. The zero-order valence-corrected chi connectivity index (χ0v) is 7.73. The Morgan fingerprint density at radius 2 is 2.23 bits per heavy atom. The van der Waals surface area contributed by atoms with Gasteiger partial charge in [-0.15, -0.1) is 0 Å². The highest BCUT2D eigenvalue weighted by Gasteiger charge is 2.32. The van der Waals surface area contributed by atoms with E-state index < -0.39 is 11.5 Å². The van der Waals surface area contributed by atoms with Crippen molar-refractivity contribution in [3.05, 3.63) is 23.6 Å². The fourth-order valence-electron chi connectivity index (χ4n) is 1.37. The van der Waals surface area contributed by atoms with Crippen LogP contribution in [-0.2, 0) is 4.79 Å². The number of allylic oxidation sites excluding steroid dienone is 4. The lowest BCUT2D eigenvalue weighted by molar-refractivity contribution is -0.116. The van der Waals surface area contributed by atoms with Crippen LogP contribution < -0.4 is 0 Å². The summed E-state index contributed by atoms with van der Waals surface area (Å²) >= 11 is 0. The van der Waals surface area contributed by atoms with Gasteiger partial charge in [-0.2, -0.15) is 0 Å². The van der Waals surface area contributed by atoms with Gasteiger partial charge in [-0.3, -0.25) is 4.79 Å². The lowest BCUT2D eigenvalue weighted by atomic mass is 9.86. The van der Waals surface area contributed by atoms with Gasteiger partial charge in [0, 0.05) is 12.8 Å². The Bertz CT molecular complexity index is 287. The summed E-state index contributed by atoms with van der Waals surface area (Å²) in [5, 5.41) is 0. The normalized spacial score (nSPS) is 28.0. The summed E-state index contributed by atoms with van der Waals surface area (Å²) in [6, 6.07) is 0. The number of alkyl halides is 1. The summed E-state index contributed by atoms with van der Waals surface area (Å²) in [6.45, 7) is 2.69. The summed E-state index contributed by atoms with van der Waals surface area (Å²) in [5.41, 5.74) is -1.34. The van der Waals surface area contributed by atoms with Crippen LogP contribution in [0.25, 0.3) is 0 Å². The fraction of sp³-hybridized carbons (Fsp3) is 0.500. The van der Waals surface area contributed by atoms with Crippen molar-refractivity contribution in [1.82, 2.24) is 0 Å². The van der Waals surface area contributed by atoms with Crippen molar-refractivity contribution in [3.63, 3.8) is 0 Å². The zero-order chi connectivity index (χ0) is 10.1. The molecule has 0 amide bonds. The Balaban J connectivity index is 2.86. The summed E-state index contributed by atoms with van der Waals surface area (Å²) < 4.78 is 26.3. The molecule has 0 aromatic rings. The molecule has 0 N–H and O–H groups in total. The number of hydrogen-bond acceptors (Lipinski definition) is 1. The first-order valence-electron chi connectivity index (χ1n) is 4.16. The highest BCUT2D eigenvalue weighted by atomic mass is 19.1. The van der Waals surface area contributed by atoms with Crippen LogP contribution in [0.1, 0.15) is 26.7 Å². The van der Waals surface area contributed by atoms with Crippen molar-refractivity contribution >= 4 is 5.78 Å². The van der Waals surface area contributed by atoms with Gasteiger partial charge in [-0.25, -0.2) is 8.78 Å². The van der Waals surface area contributed by atoms with Crippen LogP contribution in [0.3, 0.4) is 0 Å². The number of rotatable bonds is 2. The number of hydrogen-bond donors (Lipinski definition) is 0. The first kappa shape index (κ1) is 10.1. The largest absolute Gasteiger partial charge is 0.300 e. The second kappa shape index (κ2) is 3.40. The second-order valence-electron chi connectivity index (χ2n) is 3.56. The van der Waals surface area contributed by atoms with E-state index in [0.717, 1.165) is 0 Å². The highest BCUT2D eigenvalue weighted by molar-refractivity contribution is 5.78. The molecule has 0 saturated heterocycles. The van der Waals surface area contributed by atoms with E-state index in [4.69, 9.17) is 0 Å². The van der Waals surface area contributed by atoms with E-state index in [-0.39, 0.29) is 18.6 Å². The minimum absolute atomic E-state index is 0.0663. The minimum atomic E-state index is -1.70. The molecule has 0 aliphatic heterocycles. The molecule has 0 aromatic heterocycles.